The molecular formula is C30H50O. The van der Waals surface area contributed by atoms with Crippen LogP contribution in [-0.4, -0.2) is 5.78 Å². The smallest absolute Gasteiger partial charge is 0.155 e. The Kier molecular flexibility index (Phi) is 6.83. The zero-order chi connectivity index (χ0) is 22.4. The standard InChI is InChI=1S/C30H50O/c1-7-9-22-18-23-19-24(31)14-16-29(23,5)27-15-17-30(6)25(12-13-26(30)28(22)27)21(4)11-8-10-20(2)3/h19-22,25-28H,7-18H2,1-6H3/t21-,22?,25-,26+,27+,28+,29+,30-/m1/s1. The van der Waals surface area contributed by atoms with Crippen molar-refractivity contribution < 1.29 is 4.79 Å². The number of ketones is 1. The van der Waals surface area contributed by atoms with Crippen molar-refractivity contribution in [3.8, 4) is 0 Å². The summed E-state index contributed by atoms with van der Waals surface area (Å²) in [5, 5.41) is 0. The average molecular weight is 427 g/mol. The molecule has 0 amide bonds. The van der Waals surface area contributed by atoms with Crippen LogP contribution in [0.25, 0.3) is 0 Å². The molecule has 8 atom stereocenters. The first-order chi connectivity index (χ1) is 14.7. The first-order valence-electron chi connectivity index (χ1n) is 13.9. The Morgan fingerprint density at radius 2 is 1.81 bits per heavy atom. The number of hydrogen-bond donors (Lipinski definition) is 0. The first kappa shape index (κ1) is 23.6. The maximum Gasteiger partial charge on any atom is 0.155 e. The zero-order valence-electron chi connectivity index (χ0n) is 21.5. The summed E-state index contributed by atoms with van der Waals surface area (Å²) < 4.78 is 0. The summed E-state index contributed by atoms with van der Waals surface area (Å²) in [4.78, 5) is 12.3. The second-order valence-electron chi connectivity index (χ2n) is 13.1. The summed E-state index contributed by atoms with van der Waals surface area (Å²) in [5.74, 6) is 6.54. The van der Waals surface area contributed by atoms with Gasteiger partial charge in [-0.05, 0) is 96.9 Å². The van der Waals surface area contributed by atoms with Gasteiger partial charge < -0.3 is 0 Å². The highest BCUT2D eigenvalue weighted by atomic mass is 16.1. The molecule has 1 heteroatoms. The van der Waals surface area contributed by atoms with Gasteiger partial charge in [-0.1, -0.05) is 79.2 Å². The highest BCUT2D eigenvalue weighted by Crippen LogP contribution is 2.69. The molecule has 4 rings (SSSR count). The lowest BCUT2D eigenvalue weighted by Gasteiger charge is -2.61. The van der Waals surface area contributed by atoms with Gasteiger partial charge >= 0.3 is 0 Å². The molecular weight excluding hydrogens is 376 g/mol. The van der Waals surface area contributed by atoms with Gasteiger partial charge in [0.05, 0.1) is 0 Å². The van der Waals surface area contributed by atoms with Gasteiger partial charge in [0, 0.05) is 6.42 Å². The first-order valence-corrected chi connectivity index (χ1v) is 13.9. The quantitative estimate of drug-likeness (QED) is 0.398. The summed E-state index contributed by atoms with van der Waals surface area (Å²) in [6.07, 6.45) is 17.9. The van der Waals surface area contributed by atoms with E-state index >= 15 is 0 Å². The van der Waals surface area contributed by atoms with Crippen molar-refractivity contribution in [1.82, 2.24) is 0 Å². The molecule has 0 aliphatic heterocycles. The largest absolute Gasteiger partial charge is 0.295 e. The van der Waals surface area contributed by atoms with Crippen LogP contribution < -0.4 is 0 Å². The lowest BCUT2D eigenvalue weighted by molar-refractivity contribution is -0.119. The third-order valence-electron chi connectivity index (χ3n) is 11.0. The van der Waals surface area contributed by atoms with E-state index in [4.69, 9.17) is 0 Å². The highest BCUT2D eigenvalue weighted by molar-refractivity contribution is 5.91. The van der Waals surface area contributed by atoms with Crippen molar-refractivity contribution in [2.45, 2.75) is 119 Å². The van der Waals surface area contributed by atoms with E-state index in [1.165, 1.54) is 64.2 Å². The third-order valence-corrected chi connectivity index (χ3v) is 11.0. The fourth-order valence-corrected chi connectivity index (χ4v) is 9.39. The van der Waals surface area contributed by atoms with Gasteiger partial charge in [-0.2, -0.15) is 0 Å². The van der Waals surface area contributed by atoms with E-state index < -0.39 is 0 Å². The minimum absolute atomic E-state index is 0.311. The number of rotatable bonds is 7. The molecule has 0 radical (unpaired) electrons. The van der Waals surface area contributed by atoms with Gasteiger partial charge in [0.2, 0.25) is 0 Å². The van der Waals surface area contributed by atoms with E-state index in [2.05, 4.69) is 47.6 Å². The van der Waals surface area contributed by atoms with Gasteiger partial charge in [0.25, 0.3) is 0 Å². The second-order valence-corrected chi connectivity index (χ2v) is 13.1. The highest BCUT2D eigenvalue weighted by Gasteiger charge is 2.61. The van der Waals surface area contributed by atoms with Crippen molar-refractivity contribution in [1.29, 1.82) is 0 Å². The van der Waals surface area contributed by atoms with Crippen LogP contribution in [0.4, 0.5) is 0 Å². The van der Waals surface area contributed by atoms with Crippen molar-refractivity contribution in [2.24, 2.45) is 52.3 Å². The monoisotopic (exact) mass is 426 g/mol. The SMILES string of the molecule is CCCC1CC2=CC(=O)CC[C@]2(C)[C@H]2CC[C@]3(C)[C@@H]([C@H](C)CCCC(C)C)CC[C@H]3[C@H]12. The van der Waals surface area contributed by atoms with Crippen LogP contribution in [0, 0.1) is 52.3 Å². The molecule has 1 nitrogen and oxygen atoms in total. The van der Waals surface area contributed by atoms with Crippen molar-refractivity contribution >= 4 is 5.78 Å². The van der Waals surface area contributed by atoms with Crippen molar-refractivity contribution in [3.05, 3.63) is 11.6 Å². The maximum absolute atomic E-state index is 12.3. The fourth-order valence-electron chi connectivity index (χ4n) is 9.39. The van der Waals surface area contributed by atoms with Crippen LogP contribution >= 0.6 is 0 Å². The number of fused-ring (bicyclic) bond motifs is 5. The Bertz CT molecular complexity index is 689. The van der Waals surface area contributed by atoms with Gasteiger partial charge in [-0.15, -0.1) is 0 Å². The van der Waals surface area contributed by atoms with Crippen LogP contribution in [-0.2, 0) is 4.79 Å². The summed E-state index contributed by atoms with van der Waals surface area (Å²) in [6, 6.07) is 0. The molecule has 0 spiro atoms. The Hall–Kier alpha value is -0.590. The van der Waals surface area contributed by atoms with E-state index in [9.17, 15) is 4.79 Å². The Labute approximate surface area is 193 Å². The molecule has 4 aliphatic rings. The van der Waals surface area contributed by atoms with Crippen LogP contribution in [0.2, 0.25) is 0 Å². The van der Waals surface area contributed by atoms with E-state index in [0.717, 1.165) is 54.3 Å². The molecule has 0 bridgehead atoms. The number of carbonyl (C=O) groups excluding carboxylic acids is 1. The average Bonchev–Trinajstić information content (AvgIpc) is 3.06. The summed E-state index contributed by atoms with van der Waals surface area (Å²) in [6.45, 7) is 15.0. The molecule has 3 fully saturated rings. The molecule has 0 heterocycles. The summed E-state index contributed by atoms with van der Waals surface area (Å²) in [7, 11) is 0. The summed E-state index contributed by atoms with van der Waals surface area (Å²) in [5.41, 5.74) is 2.42. The predicted octanol–water partition coefficient (Wildman–Crippen LogP) is 8.62. The van der Waals surface area contributed by atoms with E-state index in [1.54, 1.807) is 5.57 Å². The van der Waals surface area contributed by atoms with Gasteiger partial charge in [0.1, 0.15) is 0 Å². The zero-order valence-corrected chi connectivity index (χ0v) is 21.5. The Balaban J connectivity index is 1.58. The predicted molar refractivity (Wildman–Crippen MR) is 132 cm³/mol. The number of allylic oxidation sites excluding steroid dienone is 1. The Morgan fingerprint density at radius 3 is 2.52 bits per heavy atom. The molecule has 0 aromatic heterocycles. The topological polar surface area (TPSA) is 17.1 Å². The van der Waals surface area contributed by atoms with Crippen molar-refractivity contribution in [3.63, 3.8) is 0 Å². The third kappa shape index (κ3) is 4.10. The lowest BCUT2D eigenvalue weighted by Crippen LogP contribution is -2.54. The van der Waals surface area contributed by atoms with Crippen LogP contribution in [0.1, 0.15) is 119 Å². The second kappa shape index (κ2) is 8.98. The van der Waals surface area contributed by atoms with Crippen molar-refractivity contribution in [2.75, 3.05) is 0 Å². The van der Waals surface area contributed by atoms with Gasteiger partial charge in [0.15, 0.2) is 5.78 Å². The molecule has 0 N–H and O–H groups in total. The lowest BCUT2D eigenvalue weighted by atomic mass is 9.44. The van der Waals surface area contributed by atoms with Crippen LogP contribution in [0.3, 0.4) is 0 Å². The van der Waals surface area contributed by atoms with E-state index in [-0.39, 0.29) is 0 Å². The molecule has 31 heavy (non-hydrogen) atoms. The minimum atomic E-state index is 0.311. The normalized spacial score (nSPS) is 43.3. The molecule has 4 aliphatic carbocycles. The fraction of sp³-hybridized carbons (Fsp3) is 0.900. The number of hydrogen-bond acceptors (Lipinski definition) is 1. The maximum atomic E-state index is 12.3. The van der Waals surface area contributed by atoms with Gasteiger partial charge in [-0.3, -0.25) is 4.79 Å². The summed E-state index contributed by atoms with van der Waals surface area (Å²) >= 11 is 0. The van der Waals surface area contributed by atoms with E-state index in [0.29, 0.717) is 16.6 Å². The van der Waals surface area contributed by atoms with E-state index in [1.807, 2.05) is 0 Å². The molecule has 0 aromatic rings. The molecule has 1 unspecified atom stereocenters. The molecule has 176 valence electrons. The molecule has 0 saturated heterocycles. The van der Waals surface area contributed by atoms with Crippen LogP contribution in [0.5, 0.6) is 0 Å². The van der Waals surface area contributed by atoms with Crippen LogP contribution in [0.15, 0.2) is 11.6 Å². The van der Waals surface area contributed by atoms with Gasteiger partial charge in [-0.25, -0.2) is 0 Å². The minimum Gasteiger partial charge on any atom is -0.295 e. The molecule has 3 saturated carbocycles. The molecule has 0 aromatic carbocycles. The number of carbonyl (C=O) groups is 1. The Morgan fingerprint density at radius 1 is 1.03 bits per heavy atom.